The summed E-state index contributed by atoms with van der Waals surface area (Å²) in [6, 6.07) is -0.743. The van der Waals surface area contributed by atoms with Gasteiger partial charge in [0.05, 0.1) is 30.3 Å². The van der Waals surface area contributed by atoms with Gasteiger partial charge < -0.3 is 9.47 Å². The topological polar surface area (TPSA) is 99.0 Å². The summed E-state index contributed by atoms with van der Waals surface area (Å²) in [6.07, 6.45) is 10.4. The van der Waals surface area contributed by atoms with Gasteiger partial charge in [-0.25, -0.2) is 13.6 Å². The van der Waals surface area contributed by atoms with Crippen LogP contribution in [0.15, 0.2) is 59.6 Å². The number of carbonyl (C=O) groups is 2. The molecule has 8 nitrogen and oxygen atoms in total. The average Bonchev–Trinajstić information content (AvgIpc) is 2.91. The van der Waals surface area contributed by atoms with Crippen LogP contribution < -0.4 is 0 Å². The molecule has 0 spiro atoms. The van der Waals surface area contributed by atoms with Gasteiger partial charge in [0.1, 0.15) is 12.8 Å². The molecule has 0 aromatic carbocycles. The molecule has 0 rings (SSSR count). The van der Waals surface area contributed by atoms with Gasteiger partial charge in [0.25, 0.3) is 5.70 Å². The van der Waals surface area contributed by atoms with Gasteiger partial charge in [-0.1, -0.05) is 52.0 Å². The quantitative estimate of drug-likeness (QED) is 0.102. The van der Waals surface area contributed by atoms with E-state index in [4.69, 9.17) is 4.74 Å². The van der Waals surface area contributed by atoms with Crippen molar-refractivity contribution in [1.82, 2.24) is 4.90 Å². The largest absolute Gasteiger partial charge is 0.469 e. The molecular formula is C28H46F2N2O6. The van der Waals surface area contributed by atoms with Crippen LogP contribution in [0.2, 0.25) is 0 Å². The van der Waals surface area contributed by atoms with E-state index in [2.05, 4.69) is 4.74 Å². The molecule has 0 saturated heterocycles. The lowest BCUT2D eigenvalue weighted by molar-refractivity contribution is -0.419. The van der Waals surface area contributed by atoms with E-state index in [1.54, 1.807) is 39.8 Å². The lowest BCUT2D eigenvalue weighted by Crippen LogP contribution is -2.42. The molecule has 38 heavy (non-hydrogen) atoms. The number of esters is 1. The van der Waals surface area contributed by atoms with Crippen LogP contribution in [0, 0.1) is 10.1 Å². The molecule has 0 bridgehead atoms. The molecule has 0 aliphatic rings. The van der Waals surface area contributed by atoms with E-state index in [9.17, 15) is 28.5 Å². The molecule has 0 saturated carbocycles. The maximum absolute atomic E-state index is 13.3. The van der Waals surface area contributed by atoms with E-state index in [1.165, 1.54) is 43.2 Å². The van der Waals surface area contributed by atoms with Crippen molar-refractivity contribution in [2.75, 3.05) is 20.3 Å². The second-order valence-corrected chi connectivity index (χ2v) is 7.51. The van der Waals surface area contributed by atoms with E-state index in [0.717, 1.165) is 0 Å². The number of amides is 1. The molecule has 218 valence electrons. The Morgan fingerprint density at radius 3 is 2.11 bits per heavy atom. The number of halogens is 2. The Labute approximate surface area is 226 Å². The number of methoxy groups -OCH3 is 1. The summed E-state index contributed by atoms with van der Waals surface area (Å²) in [5.41, 5.74) is 0.585. The third kappa shape index (κ3) is 19.8. The molecule has 0 aromatic rings. The highest BCUT2D eigenvalue weighted by molar-refractivity contribution is 5.71. The van der Waals surface area contributed by atoms with Gasteiger partial charge >= 0.3 is 12.1 Å². The van der Waals surface area contributed by atoms with Gasteiger partial charge in [0, 0.05) is 12.6 Å². The third-order valence-corrected chi connectivity index (χ3v) is 4.64. The Morgan fingerprint density at radius 2 is 1.71 bits per heavy atom. The molecule has 2 atom stereocenters. The van der Waals surface area contributed by atoms with Gasteiger partial charge in [0.15, 0.2) is 0 Å². The number of nitro groups is 1. The minimum atomic E-state index is -0.769. The molecule has 0 aromatic heterocycles. The first kappa shape index (κ1) is 39.2. The van der Waals surface area contributed by atoms with Crippen LogP contribution >= 0.6 is 0 Å². The first-order chi connectivity index (χ1) is 18.0. The first-order valence-corrected chi connectivity index (χ1v) is 12.8. The average molecular weight is 545 g/mol. The third-order valence-electron chi connectivity index (χ3n) is 4.64. The molecule has 10 heteroatoms. The van der Waals surface area contributed by atoms with Crippen molar-refractivity contribution in [2.45, 2.75) is 86.8 Å². The van der Waals surface area contributed by atoms with Crippen LogP contribution in [-0.4, -0.2) is 54.4 Å². The van der Waals surface area contributed by atoms with Crippen LogP contribution in [0.25, 0.3) is 0 Å². The predicted molar refractivity (Wildman–Crippen MR) is 149 cm³/mol. The van der Waals surface area contributed by atoms with Crippen molar-refractivity contribution in [3.63, 3.8) is 0 Å². The summed E-state index contributed by atoms with van der Waals surface area (Å²) >= 11 is 0. The maximum Gasteiger partial charge on any atom is 0.410 e. The molecule has 0 fully saturated rings. The Balaban J connectivity index is -0.00000133. The Bertz CT molecular complexity index is 835. The number of allylic oxidation sites excluding steroid dienone is 5. The zero-order chi connectivity index (χ0) is 30.1. The first-order valence-electron chi connectivity index (χ1n) is 12.8. The van der Waals surface area contributed by atoms with Crippen molar-refractivity contribution >= 4 is 12.1 Å². The molecule has 0 aliphatic carbocycles. The highest BCUT2D eigenvalue weighted by atomic mass is 19.1. The Kier molecular flexibility index (Phi) is 26.2. The lowest BCUT2D eigenvalue weighted by atomic mass is 10.1. The summed E-state index contributed by atoms with van der Waals surface area (Å²) in [5.74, 6) is -0.429. The molecule has 0 aliphatic heterocycles. The van der Waals surface area contributed by atoms with Crippen molar-refractivity contribution in [1.29, 1.82) is 0 Å². The summed E-state index contributed by atoms with van der Waals surface area (Å²) < 4.78 is 34.9. The number of alkyl halides is 1. The van der Waals surface area contributed by atoms with Crippen molar-refractivity contribution in [3.05, 3.63) is 69.7 Å². The smallest absolute Gasteiger partial charge is 0.410 e. The van der Waals surface area contributed by atoms with Crippen molar-refractivity contribution < 1.29 is 32.8 Å². The van der Waals surface area contributed by atoms with Gasteiger partial charge in [-0.15, -0.1) is 0 Å². The van der Waals surface area contributed by atoms with Gasteiger partial charge in [-0.3, -0.25) is 19.8 Å². The normalized spacial score (nSPS) is 13.6. The zero-order valence-electron chi connectivity index (χ0n) is 24.3. The summed E-state index contributed by atoms with van der Waals surface area (Å²) in [6.45, 7) is 13.3. The monoisotopic (exact) mass is 544 g/mol. The number of nitrogens with zero attached hydrogens (tertiary/aromatic N) is 2. The fraction of sp³-hybridized carbons (Fsp3) is 0.571. The minimum Gasteiger partial charge on any atom is -0.469 e. The van der Waals surface area contributed by atoms with E-state index >= 15 is 0 Å². The molecule has 0 heterocycles. The van der Waals surface area contributed by atoms with Crippen LogP contribution in [-0.2, 0) is 14.3 Å². The van der Waals surface area contributed by atoms with Gasteiger partial charge in [-0.05, 0) is 58.3 Å². The van der Waals surface area contributed by atoms with Crippen LogP contribution in [0.5, 0.6) is 0 Å². The fourth-order valence-corrected chi connectivity index (χ4v) is 2.48. The van der Waals surface area contributed by atoms with Gasteiger partial charge in [0.2, 0.25) is 0 Å². The molecule has 2 unspecified atom stereocenters. The van der Waals surface area contributed by atoms with E-state index in [-0.39, 0.29) is 24.5 Å². The molecule has 0 radical (unpaired) electrons. The Hall–Kier alpha value is -3.30. The fourth-order valence-electron chi connectivity index (χ4n) is 2.48. The maximum atomic E-state index is 13.3. The SMILES string of the molecule is C/C=C(/F)CC.C/C=C(\C=C/C(C)OC(=O)N(CC(/C=C\CC(=O)OC)=C/CC)C(C)CF)[N+](=O)[O-].CC. The van der Waals surface area contributed by atoms with E-state index in [1.807, 2.05) is 26.8 Å². The number of hydrogen-bond donors (Lipinski definition) is 0. The highest BCUT2D eigenvalue weighted by Crippen LogP contribution is 2.12. The van der Waals surface area contributed by atoms with Gasteiger partial charge in [-0.2, -0.15) is 0 Å². The zero-order valence-corrected chi connectivity index (χ0v) is 24.3. The molecule has 0 N–H and O–H groups in total. The van der Waals surface area contributed by atoms with Crippen LogP contribution in [0.1, 0.15) is 74.7 Å². The van der Waals surface area contributed by atoms with Crippen molar-refractivity contribution in [2.24, 2.45) is 0 Å². The van der Waals surface area contributed by atoms with Crippen LogP contribution in [0.4, 0.5) is 13.6 Å². The molecular weight excluding hydrogens is 498 g/mol. The second kappa shape index (κ2) is 25.4. The standard InChI is InChI=1S/C21H31FN2O6.C5H9F.C2H6/c1-6-9-18(10-8-11-20(25)29-5)15-23(16(3)14-22)21(26)30-17(4)12-13-19(7-2)24(27)28;1-3-5(6)4-2;1-2/h7-10,12-13,16-17H,6,11,14-15H2,1-5H3;3H,4H2,1-2H3;1-2H3/b10-8-,13-12-,18-9+,19-7+;5-3+;. The number of hydrogen-bond acceptors (Lipinski definition) is 6. The van der Waals surface area contributed by atoms with Crippen LogP contribution in [0.3, 0.4) is 0 Å². The van der Waals surface area contributed by atoms with Crippen molar-refractivity contribution in [3.8, 4) is 0 Å². The predicted octanol–water partition coefficient (Wildman–Crippen LogP) is 7.66. The summed E-state index contributed by atoms with van der Waals surface area (Å²) in [7, 11) is 1.29. The second-order valence-electron chi connectivity index (χ2n) is 7.51. The summed E-state index contributed by atoms with van der Waals surface area (Å²) in [4.78, 5) is 35.4. The number of rotatable bonds is 13. The number of carbonyl (C=O) groups excluding carboxylic acids is 2. The summed E-state index contributed by atoms with van der Waals surface area (Å²) in [5, 5.41) is 10.8. The van der Waals surface area contributed by atoms with E-state index in [0.29, 0.717) is 18.4 Å². The van der Waals surface area contributed by atoms with E-state index < -0.39 is 35.8 Å². The minimum absolute atomic E-state index is 0.0324. The Morgan fingerprint density at radius 1 is 1.11 bits per heavy atom. The number of ether oxygens (including phenoxy) is 2. The molecule has 1 amide bonds. The highest BCUT2D eigenvalue weighted by Gasteiger charge is 2.23. The lowest BCUT2D eigenvalue weighted by Gasteiger charge is -2.28.